The molecule has 426 valence electrons. The van der Waals surface area contributed by atoms with Crippen molar-refractivity contribution in [1.29, 1.82) is 0 Å². The number of fused-ring (bicyclic) bond motifs is 8. The smallest absolute Gasteiger partial charge is 0.0540 e. The van der Waals surface area contributed by atoms with Crippen LogP contribution in [0.4, 0.5) is 34.1 Å². The van der Waals surface area contributed by atoms with Gasteiger partial charge in [0.1, 0.15) is 0 Å². The van der Waals surface area contributed by atoms with E-state index in [1.165, 1.54) is 88.3 Å². The lowest BCUT2D eigenvalue weighted by atomic mass is 9.68. The van der Waals surface area contributed by atoms with Gasteiger partial charge in [-0.3, -0.25) is 0 Å². The maximum Gasteiger partial charge on any atom is 0.0540 e. The Kier molecular flexibility index (Phi) is 13.5. The summed E-state index contributed by atoms with van der Waals surface area (Å²) < 4.78 is 0. The summed E-state index contributed by atoms with van der Waals surface area (Å²) in [6.45, 7) is 8.12. The number of anilines is 6. The quantitative estimate of drug-likeness (QED) is 0.101. The fourth-order valence-corrected chi connectivity index (χ4v) is 15.1. The van der Waals surface area contributed by atoms with E-state index in [2.05, 4.69) is 351 Å². The van der Waals surface area contributed by atoms with Crippen molar-refractivity contribution in [1.82, 2.24) is 0 Å². The Morgan fingerprint density at radius 2 is 0.622 bits per heavy atom. The highest BCUT2D eigenvalue weighted by atomic mass is 15.1. The molecule has 2 aliphatic carbocycles. The van der Waals surface area contributed by atoms with Crippen molar-refractivity contribution in [2.75, 3.05) is 9.80 Å². The molecular weight excluding hydrogens is 1080 g/mol. The Bertz CT molecular complexity index is 4700. The van der Waals surface area contributed by atoms with Crippen LogP contribution in [0.1, 0.15) is 55.6 Å². The molecule has 14 aromatic rings. The van der Waals surface area contributed by atoms with Crippen LogP contribution in [0.25, 0.3) is 67.1 Å². The minimum absolute atomic E-state index is 0.458. The second kappa shape index (κ2) is 22.4. The summed E-state index contributed by atoms with van der Waals surface area (Å²) in [5.41, 5.74) is 25.7. The molecule has 0 spiro atoms. The molecule has 2 unspecified atom stereocenters. The summed E-state index contributed by atoms with van der Waals surface area (Å²) in [5.74, 6) is 0. The van der Waals surface area contributed by atoms with Crippen LogP contribution in [0.15, 0.2) is 341 Å². The van der Waals surface area contributed by atoms with Crippen molar-refractivity contribution in [3.05, 3.63) is 396 Å². The highest BCUT2D eigenvalue weighted by molar-refractivity contribution is 6.01. The van der Waals surface area contributed by atoms with Crippen molar-refractivity contribution < 1.29 is 0 Å². The average Bonchev–Trinajstić information content (AvgIpc) is 1.55. The second-order valence-electron chi connectivity index (χ2n) is 24.1. The molecule has 2 aliphatic rings. The summed E-state index contributed by atoms with van der Waals surface area (Å²) in [4.78, 5) is 4.94. The van der Waals surface area contributed by atoms with Crippen LogP contribution in [0, 0.1) is 0 Å². The summed E-state index contributed by atoms with van der Waals surface area (Å²) in [7, 11) is 0. The third-order valence-electron chi connectivity index (χ3n) is 19.3. The maximum atomic E-state index is 4.06. The standard InChI is InChI=1S/C88H64N2/c1-3-61-37-41-63(42-38-61)59-87(69-25-7-5-8-26-69)81-33-17-15-31-77(81)79-55-53-73(57-83(79)87)89(85-35-19-23-67-21-11-13-29-75(67)85)71-49-45-65(46-50-71)66-47-51-72(52-48-66)90(86-36-20-24-68-22-12-14-30-76(68)86)74-54-56-80-78-32-16-18-34-82(78)88(84(80)58-74,70-27-9-6-10-28-70)60-64-43-39-62(4-2)40-44-64/h3-58H,1-2,59-60H2. The number of nitrogens with zero attached hydrogens (tertiary/aromatic N) is 2. The first kappa shape index (κ1) is 54.1. The lowest BCUT2D eigenvalue weighted by Crippen LogP contribution is -2.30. The normalized spacial score (nSPS) is 15.2. The molecule has 0 aromatic heterocycles. The molecule has 0 radical (unpaired) electrons. The lowest BCUT2D eigenvalue weighted by Gasteiger charge is -2.35. The van der Waals surface area contributed by atoms with Crippen molar-refractivity contribution in [3.63, 3.8) is 0 Å². The van der Waals surface area contributed by atoms with Gasteiger partial charge < -0.3 is 9.80 Å². The fraction of sp³-hybridized carbons (Fsp3) is 0.0455. The van der Waals surface area contributed by atoms with Gasteiger partial charge in [0.05, 0.1) is 22.2 Å². The molecule has 2 nitrogen and oxygen atoms in total. The van der Waals surface area contributed by atoms with Gasteiger partial charge in [-0.15, -0.1) is 0 Å². The molecule has 16 rings (SSSR count). The van der Waals surface area contributed by atoms with Crippen LogP contribution in [0.3, 0.4) is 0 Å². The van der Waals surface area contributed by atoms with Gasteiger partial charge >= 0.3 is 0 Å². The van der Waals surface area contributed by atoms with Gasteiger partial charge in [0.2, 0.25) is 0 Å². The van der Waals surface area contributed by atoms with Crippen molar-refractivity contribution in [3.8, 4) is 33.4 Å². The zero-order chi connectivity index (χ0) is 60.2. The zero-order valence-corrected chi connectivity index (χ0v) is 50.1. The first-order valence-corrected chi connectivity index (χ1v) is 31.3. The Hall–Kier alpha value is -11.3. The topological polar surface area (TPSA) is 6.48 Å². The number of hydrogen-bond acceptors (Lipinski definition) is 2. The summed E-state index contributed by atoms with van der Waals surface area (Å²) in [6.07, 6.45) is 5.44. The maximum absolute atomic E-state index is 4.06. The van der Waals surface area contributed by atoms with Crippen LogP contribution in [0.5, 0.6) is 0 Å². The van der Waals surface area contributed by atoms with Gasteiger partial charge in [-0.05, 0) is 173 Å². The molecule has 0 saturated heterocycles. The monoisotopic (exact) mass is 1150 g/mol. The van der Waals surface area contributed by atoms with Crippen molar-refractivity contribution in [2.45, 2.75) is 23.7 Å². The summed E-state index contributed by atoms with van der Waals surface area (Å²) in [6, 6.07) is 122. The Morgan fingerprint density at radius 1 is 0.278 bits per heavy atom. The largest absolute Gasteiger partial charge is 0.310 e. The average molecular weight is 1150 g/mol. The number of rotatable bonds is 15. The van der Waals surface area contributed by atoms with Crippen LogP contribution in [-0.2, 0) is 23.7 Å². The highest BCUT2D eigenvalue weighted by Crippen LogP contribution is 2.58. The summed E-state index contributed by atoms with van der Waals surface area (Å²) >= 11 is 0. The highest BCUT2D eigenvalue weighted by Gasteiger charge is 2.47. The van der Waals surface area contributed by atoms with Gasteiger partial charge in [-0.25, -0.2) is 0 Å². The third kappa shape index (κ3) is 9.02. The predicted molar refractivity (Wildman–Crippen MR) is 380 cm³/mol. The van der Waals surface area contributed by atoms with E-state index in [9.17, 15) is 0 Å². The second-order valence-corrected chi connectivity index (χ2v) is 24.1. The van der Waals surface area contributed by atoms with Crippen LogP contribution >= 0.6 is 0 Å². The summed E-state index contributed by atoms with van der Waals surface area (Å²) in [5, 5.41) is 4.76. The molecule has 0 aliphatic heterocycles. The molecular formula is C88H64N2. The molecule has 2 atom stereocenters. The van der Waals surface area contributed by atoms with E-state index < -0.39 is 10.8 Å². The van der Waals surface area contributed by atoms with Gasteiger partial charge in [-0.1, -0.05) is 292 Å². The predicted octanol–water partition coefficient (Wildman–Crippen LogP) is 23.0. The minimum Gasteiger partial charge on any atom is -0.310 e. The lowest BCUT2D eigenvalue weighted by molar-refractivity contribution is 0.629. The van der Waals surface area contributed by atoms with E-state index in [4.69, 9.17) is 0 Å². The van der Waals surface area contributed by atoms with E-state index >= 15 is 0 Å². The Labute approximate surface area is 527 Å². The van der Waals surface area contributed by atoms with Gasteiger partial charge in [0.25, 0.3) is 0 Å². The zero-order valence-electron chi connectivity index (χ0n) is 50.1. The van der Waals surface area contributed by atoms with Crippen LogP contribution < -0.4 is 9.80 Å². The number of benzene rings is 14. The van der Waals surface area contributed by atoms with Gasteiger partial charge in [-0.2, -0.15) is 0 Å². The molecule has 2 heteroatoms. The molecule has 0 saturated carbocycles. The SMILES string of the molecule is C=Cc1ccc(CC2(c3ccccc3)c3ccccc3-c3ccc(N(c4ccc(-c5ccc(N(c6ccc7c(c6)C(Cc6ccc(C=C)cc6)(c6ccccc6)c6ccccc6-7)c6cccc7ccccc67)cc5)cc4)c4cccc5ccccc45)cc32)cc1. The Balaban J connectivity index is 0.809. The van der Waals surface area contributed by atoms with E-state index in [0.29, 0.717) is 0 Å². The molecule has 0 N–H and O–H groups in total. The van der Waals surface area contributed by atoms with Crippen LogP contribution in [0.2, 0.25) is 0 Å². The van der Waals surface area contributed by atoms with Gasteiger partial charge in [0.15, 0.2) is 0 Å². The molecule has 0 heterocycles. The van der Waals surface area contributed by atoms with E-state index in [0.717, 1.165) is 69.2 Å². The molecule has 0 amide bonds. The molecule has 90 heavy (non-hydrogen) atoms. The van der Waals surface area contributed by atoms with Gasteiger partial charge in [0, 0.05) is 33.5 Å². The Morgan fingerprint density at radius 3 is 1.03 bits per heavy atom. The fourth-order valence-electron chi connectivity index (χ4n) is 15.1. The molecule has 0 fully saturated rings. The molecule has 14 aromatic carbocycles. The van der Waals surface area contributed by atoms with E-state index in [1.54, 1.807) is 0 Å². The first-order valence-electron chi connectivity index (χ1n) is 31.3. The molecule has 0 bridgehead atoms. The van der Waals surface area contributed by atoms with Crippen molar-refractivity contribution >= 4 is 67.8 Å². The number of hydrogen-bond donors (Lipinski definition) is 0. The van der Waals surface area contributed by atoms with E-state index in [1.807, 2.05) is 12.2 Å². The van der Waals surface area contributed by atoms with Crippen molar-refractivity contribution in [2.24, 2.45) is 0 Å². The third-order valence-corrected chi connectivity index (χ3v) is 19.3. The van der Waals surface area contributed by atoms with Crippen LogP contribution in [-0.4, -0.2) is 0 Å². The van der Waals surface area contributed by atoms with E-state index in [-0.39, 0.29) is 0 Å². The minimum atomic E-state index is -0.458. The first-order chi connectivity index (χ1) is 44.5.